The molecular formula is C48H43N3O10. The van der Waals surface area contributed by atoms with Crippen LogP contribution in [0.2, 0.25) is 0 Å². The molecule has 13 nitrogen and oxygen atoms in total. The average molecular weight is 822 g/mol. The van der Waals surface area contributed by atoms with E-state index in [1.165, 1.54) is 4.90 Å². The largest absolute Gasteiger partial charge is 0.493 e. The second-order valence-electron chi connectivity index (χ2n) is 14.5. The lowest BCUT2D eigenvalue weighted by atomic mass is 9.85. The van der Waals surface area contributed by atoms with Crippen LogP contribution in [0.25, 0.3) is 22.0 Å². The fraction of sp³-hybridized carbons (Fsp3) is 0.229. The van der Waals surface area contributed by atoms with E-state index in [2.05, 4.69) is 5.32 Å². The van der Waals surface area contributed by atoms with Gasteiger partial charge in [0.2, 0.25) is 6.79 Å². The molecule has 2 aliphatic heterocycles. The number of amides is 2. The molecular weight excluding hydrogens is 779 g/mol. The molecule has 1 aromatic heterocycles. The lowest BCUT2D eigenvalue weighted by Crippen LogP contribution is -2.58. The van der Waals surface area contributed by atoms with E-state index in [-0.39, 0.29) is 38.7 Å². The molecule has 0 bridgehead atoms. The van der Waals surface area contributed by atoms with Crippen molar-refractivity contribution < 1.29 is 48.0 Å². The quantitative estimate of drug-likeness (QED) is 0.0860. The highest BCUT2D eigenvalue weighted by Gasteiger charge is 2.48. The minimum absolute atomic E-state index is 0.0538. The summed E-state index contributed by atoms with van der Waals surface area (Å²) in [6.45, 7) is 1.87. The highest BCUT2D eigenvalue weighted by molar-refractivity contribution is 6.08. The average Bonchev–Trinajstić information content (AvgIpc) is 3.76. The van der Waals surface area contributed by atoms with Crippen LogP contribution in [0.1, 0.15) is 57.8 Å². The molecule has 2 amide bonds. The summed E-state index contributed by atoms with van der Waals surface area (Å²) in [7, 11) is 0. The van der Waals surface area contributed by atoms with Gasteiger partial charge in [0.15, 0.2) is 11.5 Å². The van der Waals surface area contributed by atoms with Crippen molar-refractivity contribution in [3.05, 3.63) is 150 Å². The number of anilines is 1. The smallest absolute Gasteiger partial charge is 0.310 e. The lowest BCUT2D eigenvalue weighted by molar-refractivity contribution is -0.154. The Hall–Kier alpha value is -7.25. The van der Waals surface area contributed by atoms with E-state index in [0.29, 0.717) is 51.6 Å². The van der Waals surface area contributed by atoms with Crippen molar-refractivity contribution >= 4 is 40.3 Å². The van der Waals surface area contributed by atoms with Crippen LogP contribution < -0.4 is 24.4 Å². The van der Waals surface area contributed by atoms with Crippen molar-refractivity contribution in [2.75, 3.05) is 31.5 Å². The lowest BCUT2D eigenvalue weighted by Gasteiger charge is -2.45. The predicted molar refractivity (Wildman–Crippen MR) is 225 cm³/mol. The number of hydrogen-bond donors (Lipinski definition) is 2. The third-order valence-electron chi connectivity index (χ3n) is 10.5. The van der Waals surface area contributed by atoms with Gasteiger partial charge >= 0.3 is 11.9 Å². The first kappa shape index (κ1) is 40.5. The normalized spacial score (nSPS) is 16.4. The number of aromatic nitrogens is 1. The first-order valence-corrected chi connectivity index (χ1v) is 20.1. The van der Waals surface area contributed by atoms with Crippen LogP contribution in [0.15, 0.2) is 127 Å². The van der Waals surface area contributed by atoms with Crippen molar-refractivity contribution in [3.63, 3.8) is 0 Å². The molecule has 61 heavy (non-hydrogen) atoms. The molecule has 5 aromatic carbocycles. The summed E-state index contributed by atoms with van der Waals surface area (Å²) in [5, 5.41) is 13.4. The van der Waals surface area contributed by atoms with E-state index < -0.39 is 48.4 Å². The van der Waals surface area contributed by atoms with E-state index in [0.717, 1.165) is 16.5 Å². The maximum atomic E-state index is 15.0. The number of nitrogens with zero attached hydrogens (tertiary/aromatic N) is 2. The van der Waals surface area contributed by atoms with Crippen molar-refractivity contribution in [1.82, 2.24) is 10.3 Å². The Kier molecular flexibility index (Phi) is 12.2. The highest BCUT2D eigenvalue weighted by atomic mass is 16.7. The Balaban J connectivity index is 1.23. The molecule has 6 aromatic rings. The molecule has 0 fully saturated rings. The molecule has 0 radical (unpaired) electrons. The Morgan fingerprint density at radius 2 is 1.59 bits per heavy atom. The minimum Gasteiger partial charge on any atom is -0.493 e. The highest BCUT2D eigenvalue weighted by Crippen LogP contribution is 2.43. The maximum absolute atomic E-state index is 15.0. The molecule has 0 saturated heterocycles. The molecule has 0 aliphatic carbocycles. The number of carbonyl (C=O) groups excluding carboxylic acids is 4. The molecule has 0 spiro atoms. The van der Waals surface area contributed by atoms with E-state index >= 15 is 0 Å². The van der Waals surface area contributed by atoms with Crippen molar-refractivity contribution in [2.45, 2.75) is 44.4 Å². The zero-order chi connectivity index (χ0) is 42.3. The number of carbonyl (C=O) groups is 4. The summed E-state index contributed by atoms with van der Waals surface area (Å²) in [5.41, 5.74) is 4.14. The minimum atomic E-state index is -1.34. The summed E-state index contributed by atoms with van der Waals surface area (Å²) < 4.78 is 28.8. The second kappa shape index (κ2) is 18.3. The Morgan fingerprint density at radius 3 is 2.39 bits per heavy atom. The van der Waals surface area contributed by atoms with Gasteiger partial charge in [-0.25, -0.2) is 4.98 Å². The van der Waals surface area contributed by atoms with Crippen molar-refractivity contribution in [1.29, 1.82) is 0 Å². The first-order valence-electron chi connectivity index (χ1n) is 20.1. The van der Waals surface area contributed by atoms with Crippen molar-refractivity contribution in [2.24, 2.45) is 0 Å². The molecule has 0 unspecified atom stereocenters. The van der Waals surface area contributed by atoms with Crippen LogP contribution in [-0.4, -0.2) is 72.6 Å². The van der Waals surface area contributed by atoms with E-state index in [9.17, 15) is 24.3 Å². The summed E-state index contributed by atoms with van der Waals surface area (Å²) in [6, 6.07) is 35.4. The van der Waals surface area contributed by atoms with Gasteiger partial charge < -0.3 is 34.1 Å². The number of rotatable bonds is 14. The standard InChI is InChI=1S/C48H43N3O10/c1-2-57-43(53)28-40-46(61-44(54)26-30-13-22-41-42(25-30)60-29-59-41)45(50-47(55)34-16-14-32(15-17-34)31-9-4-3-5-10-31)36-27-35(58-24-8-23-52)19-21-39(36)51(40)48(56)38-20-18-33-11-6-7-12-37(33)49-38/h3-7,9-22,25,27,40,45-46,52H,2,8,23-24,26,28-29H2,1H3,(H,50,55)/t40-,45-,46-/m0/s1. The summed E-state index contributed by atoms with van der Waals surface area (Å²) >= 11 is 0. The molecule has 310 valence electrons. The summed E-state index contributed by atoms with van der Waals surface area (Å²) in [6.07, 6.45) is -1.60. The van der Waals surface area contributed by atoms with E-state index in [1.54, 1.807) is 73.7 Å². The fourth-order valence-electron chi connectivity index (χ4n) is 7.62. The number of aliphatic hydroxyl groups excluding tert-OH is 1. The predicted octanol–water partition coefficient (Wildman–Crippen LogP) is 7.00. The number of pyridine rings is 1. The van der Waals surface area contributed by atoms with Gasteiger partial charge in [-0.2, -0.15) is 0 Å². The van der Waals surface area contributed by atoms with Gasteiger partial charge in [-0.15, -0.1) is 0 Å². The molecule has 0 saturated carbocycles. The molecule has 8 rings (SSSR count). The van der Waals surface area contributed by atoms with Gasteiger partial charge in [0.05, 0.1) is 49.3 Å². The van der Waals surface area contributed by atoms with Crippen LogP contribution in [0, 0.1) is 0 Å². The first-order chi connectivity index (χ1) is 29.8. The van der Waals surface area contributed by atoms with Gasteiger partial charge in [-0.1, -0.05) is 72.8 Å². The zero-order valence-electron chi connectivity index (χ0n) is 33.3. The third-order valence-corrected chi connectivity index (χ3v) is 10.5. The fourth-order valence-corrected chi connectivity index (χ4v) is 7.62. The number of esters is 2. The molecule has 2 aliphatic rings. The number of hydrogen-bond acceptors (Lipinski definition) is 11. The van der Waals surface area contributed by atoms with Gasteiger partial charge in [0.25, 0.3) is 11.8 Å². The van der Waals surface area contributed by atoms with E-state index in [4.69, 9.17) is 28.7 Å². The molecule has 3 atom stereocenters. The third kappa shape index (κ3) is 9.02. The van der Waals surface area contributed by atoms with Crippen LogP contribution in [0.5, 0.6) is 17.2 Å². The van der Waals surface area contributed by atoms with Crippen molar-refractivity contribution in [3.8, 4) is 28.4 Å². The molecule has 3 heterocycles. The maximum Gasteiger partial charge on any atom is 0.310 e. The number of ether oxygens (including phenoxy) is 5. The van der Waals surface area contributed by atoms with Crippen LogP contribution >= 0.6 is 0 Å². The van der Waals surface area contributed by atoms with E-state index in [1.807, 2.05) is 60.7 Å². The number of benzene rings is 5. The summed E-state index contributed by atoms with van der Waals surface area (Å²) in [5.74, 6) is -1.01. The van der Waals surface area contributed by atoms with Gasteiger partial charge in [-0.05, 0) is 78.2 Å². The topological polar surface area (TPSA) is 163 Å². The van der Waals surface area contributed by atoms with Gasteiger partial charge in [0, 0.05) is 29.5 Å². The number of fused-ring (bicyclic) bond motifs is 3. The summed E-state index contributed by atoms with van der Waals surface area (Å²) in [4.78, 5) is 63.2. The SMILES string of the molecule is CCOC(=O)C[C@H]1[C@H](OC(=O)Cc2ccc3c(c2)OCO3)[C@@H](NC(=O)c2ccc(-c3ccccc3)cc2)c2cc(OCCCO)ccc2N1C(=O)c1ccc2ccccc2n1. The van der Waals surface area contributed by atoms with Crippen LogP contribution in [0.4, 0.5) is 5.69 Å². The Bertz CT molecular complexity index is 2560. The monoisotopic (exact) mass is 821 g/mol. The number of para-hydroxylation sites is 1. The van der Waals surface area contributed by atoms with Crippen LogP contribution in [-0.2, 0) is 25.5 Å². The molecule has 2 N–H and O–H groups in total. The van der Waals surface area contributed by atoms with Crippen LogP contribution in [0.3, 0.4) is 0 Å². The number of aliphatic hydroxyl groups is 1. The second-order valence-corrected chi connectivity index (χ2v) is 14.5. The zero-order valence-corrected chi connectivity index (χ0v) is 33.3. The molecule has 13 heteroatoms. The van der Waals surface area contributed by atoms with Gasteiger partial charge in [-0.3, -0.25) is 24.1 Å². The van der Waals surface area contributed by atoms with Gasteiger partial charge in [0.1, 0.15) is 17.5 Å². The Morgan fingerprint density at radius 1 is 0.820 bits per heavy atom. The number of nitrogens with one attached hydrogen (secondary N) is 1. The Labute approximate surface area is 351 Å².